The van der Waals surface area contributed by atoms with Gasteiger partial charge in [0.05, 0.1) is 14.2 Å². The normalized spacial score (nSPS) is 11.1. The summed E-state index contributed by atoms with van der Waals surface area (Å²) in [6.45, 7) is 2.14. The number of aliphatic imine (C=N–C) groups is 1. The predicted octanol–water partition coefficient (Wildman–Crippen LogP) is 1.41. The third-order valence-electron chi connectivity index (χ3n) is 2.97. The van der Waals surface area contributed by atoms with Gasteiger partial charge in [-0.15, -0.1) is 0 Å². The molecule has 118 valence electrons. The second-order valence-corrected chi connectivity index (χ2v) is 4.35. The first-order valence-corrected chi connectivity index (χ1v) is 6.90. The zero-order valence-corrected chi connectivity index (χ0v) is 13.2. The van der Waals surface area contributed by atoms with E-state index < -0.39 is 0 Å². The van der Waals surface area contributed by atoms with Crippen molar-refractivity contribution in [1.29, 1.82) is 0 Å². The SMILES string of the molecule is CN=C(NCCCOC)NCc1cccc(OC)c1OC. The molecule has 0 unspecified atom stereocenters. The van der Waals surface area contributed by atoms with Gasteiger partial charge in [0.2, 0.25) is 0 Å². The Labute approximate surface area is 126 Å². The van der Waals surface area contributed by atoms with Crippen molar-refractivity contribution >= 4 is 5.96 Å². The standard InChI is InChI=1S/C15H25N3O3/c1-16-15(17-9-6-10-19-2)18-11-12-7-5-8-13(20-3)14(12)21-4/h5,7-8H,6,9-11H2,1-4H3,(H2,16,17,18). The summed E-state index contributed by atoms with van der Waals surface area (Å²) in [5, 5.41) is 6.48. The monoisotopic (exact) mass is 295 g/mol. The van der Waals surface area contributed by atoms with E-state index in [-0.39, 0.29) is 0 Å². The van der Waals surface area contributed by atoms with E-state index in [9.17, 15) is 0 Å². The summed E-state index contributed by atoms with van der Waals surface area (Å²) in [7, 11) is 6.71. The van der Waals surface area contributed by atoms with Crippen LogP contribution in [0.5, 0.6) is 11.5 Å². The van der Waals surface area contributed by atoms with Crippen LogP contribution >= 0.6 is 0 Å². The van der Waals surface area contributed by atoms with Crippen molar-refractivity contribution in [3.05, 3.63) is 23.8 Å². The average molecular weight is 295 g/mol. The molecule has 6 nitrogen and oxygen atoms in total. The van der Waals surface area contributed by atoms with Crippen LogP contribution in [0.3, 0.4) is 0 Å². The van der Waals surface area contributed by atoms with Crippen LogP contribution in [0.4, 0.5) is 0 Å². The summed E-state index contributed by atoms with van der Waals surface area (Å²) >= 11 is 0. The first-order valence-electron chi connectivity index (χ1n) is 6.90. The highest BCUT2D eigenvalue weighted by Crippen LogP contribution is 2.30. The highest BCUT2D eigenvalue weighted by atomic mass is 16.5. The molecule has 0 saturated carbocycles. The van der Waals surface area contributed by atoms with E-state index in [1.165, 1.54) is 0 Å². The lowest BCUT2D eigenvalue weighted by Gasteiger charge is -2.15. The number of methoxy groups -OCH3 is 3. The van der Waals surface area contributed by atoms with Gasteiger partial charge in [0.1, 0.15) is 0 Å². The zero-order valence-electron chi connectivity index (χ0n) is 13.2. The van der Waals surface area contributed by atoms with Gasteiger partial charge in [-0.05, 0) is 12.5 Å². The fraction of sp³-hybridized carbons (Fsp3) is 0.533. The summed E-state index contributed by atoms with van der Waals surface area (Å²) in [4.78, 5) is 4.18. The fourth-order valence-electron chi connectivity index (χ4n) is 1.92. The van der Waals surface area contributed by atoms with Gasteiger partial charge in [0, 0.05) is 39.4 Å². The topological polar surface area (TPSA) is 64.1 Å². The van der Waals surface area contributed by atoms with E-state index >= 15 is 0 Å². The van der Waals surface area contributed by atoms with Crippen LogP contribution in [0.1, 0.15) is 12.0 Å². The van der Waals surface area contributed by atoms with Crippen molar-refractivity contribution in [2.75, 3.05) is 41.5 Å². The maximum absolute atomic E-state index is 5.40. The lowest BCUT2D eigenvalue weighted by molar-refractivity contribution is 0.195. The van der Waals surface area contributed by atoms with Crippen LogP contribution in [0.25, 0.3) is 0 Å². The average Bonchev–Trinajstić information content (AvgIpc) is 2.53. The van der Waals surface area contributed by atoms with Crippen molar-refractivity contribution in [3.63, 3.8) is 0 Å². The lowest BCUT2D eigenvalue weighted by atomic mass is 10.2. The van der Waals surface area contributed by atoms with E-state index in [0.29, 0.717) is 6.54 Å². The largest absolute Gasteiger partial charge is 0.493 e. The summed E-state index contributed by atoms with van der Waals surface area (Å²) in [5.74, 6) is 2.21. The molecule has 0 atom stereocenters. The second kappa shape index (κ2) is 9.88. The Morgan fingerprint density at radius 2 is 1.95 bits per heavy atom. The molecule has 0 spiro atoms. The molecule has 0 fully saturated rings. The number of hydrogen-bond donors (Lipinski definition) is 2. The number of guanidine groups is 1. The molecule has 0 amide bonds. The summed E-state index contributed by atoms with van der Waals surface area (Å²) in [6.07, 6.45) is 0.930. The van der Waals surface area contributed by atoms with E-state index in [4.69, 9.17) is 14.2 Å². The summed E-state index contributed by atoms with van der Waals surface area (Å²) < 4.78 is 15.7. The molecule has 0 heterocycles. The Morgan fingerprint density at radius 3 is 2.57 bits per heavy atom. The Hall–Kier alpha value is -1.95. The molecular formula is C15H25N3O3. The molecule has 21 heavy (non-hydrogen) atoms. The molecule has 2 N–H and O–H groups in total. The Balaban J connectivity index is 2.57. The second-order valence-electron chi connectivity index (χ2n) is 4.35. The molecule has 0 aliphatic rings. The predicted molar refractivity (Wildman–Crippen MR) is 84.2 cm³/mol. The number of ether oxygens (including phenoxy) is 3. The molecule has 0 saturated heterocycles. The van der Waals surface area contributed by atoms with E-state index in [1.54, 1.807) is 28.4 Å². The quantitative estimate of drug-likeness (QED) is 0.431. The maximum Gasteiger partial charge on any atom is 0.191 e. The summed E-state index contributed by atoms with van der Waals surface area (Å²) in [5.41, 5.74) is 1.01. The van der Waals surface area contributed by atoms with Crippen LogP contribution in [-0.2, 0) is 11.3 Å². The molecule has 0 aromatic heterocycles. The van der Waals surface area contributed by atoms with Gasteiger partial charge in [-0.25, -0.2) is 0 Å². The summed E-state index contributed by atoms with van der Waals surface area (Å²) in [6, 6.07) is 5.81. The molecule has 1 aromatic rings. The maximum atomic E-state index is 5.40. The lowest BCUT2D eigenvalue weighted by Crippen LogP contribution is -2.37. The minimum atomic E-state index is 0.602. The Bertz CT molecular complexity index is 450. The van der Waals surface area contributed by atoms with Gasteiger partial charge in [0.25, 0.3) is 0 Å². The number of rotatable bonds is 8. The van der Waals surface area contributed by atoms with Gasteiger partial charge in [-0.3, -0.25) is 4.99 Å². The number of nitrogens with zero attached hydrogens (tertiary/aromatic N) is 1. The van der Waals surface area contributed by atoms with Crippen molar-refractivity contribution in [3.8, 4) is 11.5 Å². The van der Waals surface area contributed by atoms with Crippen molar-refractivity contribution in [2.45, 2.75) is 13.0 Å². The molecule has 0 aliphatic heterocycles. The van der Waals surface area contributed by atoms with Crippen LogP contribution in [-0.4, -0.2) is 47.5 Å². The Morgan fingerprint density at radius 1 is 1.14 bits per heavy atom. The van der Waals surface area contributed by atoms with E-state index in [0.717, 1.165) is 42.6 Å². The van der Waals surface area contributed by atoms with Crippen LogP contribution in [0.2, 0.25) is 0 Å². The molecule has 0 radical (unpaired) electrons. The molecule has 0 aliphatic carbocycles. The van der Waals surface area contributed by atoms with Crippen LogP contribution in [0, 0.1) is 0 Å². The third-order valence-corrected chi connectivity index (χ3v) is 2.97. The van der Waals surface area contributed by atoms with Crippen LogP contribution in [0.15, 0.2) is 23.2 Å². The zero-order chi connectivity index (χ0) is 15.5. The van der Waals surface area contributed by atoms with Crippen molar-refractivity contribution < 1.29 is 14.2 Å². The highest BCUT2D eigenvalue weighted by molar-refractivity contribution is 5.79. The van der Waals surface area contributed by atoms with E-state index in [2.05, 4.69) is 15.6 Å². The number of benzene rings is 1. The van der Waals surface area contributed by atoms with Gasteiger partial charge in [-0.1, -0.05) is 12.1 Å². The molecular weight excluding hydrogens is 270 g/mol. The van der Waals surface area contributed by atoms with E-state index in [1.807, 2.05) is 18.2 Å². The molecule has 6 heteroatoms. The Kier molecular flexibility index (Phi) is 8.04. The van der Waals surface area contributed by atoms with Crippen LogP contribution < -0.4 is 20.1 Å². The van der Waals surface area contributed by atoms with Gasteiger partial charge in [0.15, 0.2) is 17.5 Å². The fourth-order valence-corrected chi connectivity index (χ4v) is 1.92. The molecule has 0 bridgehead atoms. The minimum absolute atomic E-state index is 0.602. The first kappa shape index (κ1) is 17.1. The van der Waals surface area contributed by atoms with Gasteiger partial charge >= 0.3 is 0 Å². The number of nitrogens with one attached hydrogen (secondary N) is 2. The number of hydrogen-bond acceptors (Lipinski definition) is 4. The number of para-hydroxylation sites is 1. The van der Waals surface area contributed by atoms with Crippen molar-refractivity contribution in [2.24, 2.45) is 4.99 Å². The molecule has 1 aromatic carbocycles. The van der Waals surface area contributed by atoms with Gasteiger partial charge in [-0.2, -0.15) is 0 Å². The smallest absolute Gasteiger partial charge is 0.191 e. The van der Waals surface area contributed by atoms with Gasteiger partial charge < -0.3 is 24.8 Å². The third kappa shape index (κ3) is 5.51. The molecule has 1 rings (SSSR count). The van der Waals surface area contributed by atoms with Crippen molar-refractivity contribution in [1.82, 2.24) is 10.6 Å². The first-order chi connectivity index (χ1) is 10.3. The highest BCUT2D eigenvalue weighted by Gasteiger charge is 2.09. The minimum Gasteiger partial charge on any atom is -0.493 e.